The zero-order valence-electron chi connectivity index (χ0n) is 15.2. The van der Waals surface area contributed by atoms with Crippen LogP contribution in [0.25, 0.3) is 0 Å². The van der Waals surface area contributed by atoms with Gasteiger partial charge in [0.15, 0.2) is 5.96 Å². The molecule has 1 aliphatic carbocycles. The Balaban J connectivity index is 1.92. The Labute approximate surface area is 144 Å². The maximum absolute atomic E-state index is 12.6. The van der Waals surface area contributed by atoms with Crippen molar-refractivity contribution in [3.63, 3.8) is 0 Å². The first-order chi connectivity index (χ1) is 11.5. The number of nitrogens with one attached hydrogen (secondary N) is 2. The smallest absolute Gasteiger partial charge is 0.230 e. The van der Waals surface area contributed by atoms with E-state index in [9.17, 15) is 4.79 Å². The third-order valence-electron chi connectivity index (χ3n) is 4.67. The van der Waals surface area contributed by atoms with E-state index in [2.05, 4.69) is 26.7 Å². The number of rotatable bonds is 5. The number of aromatic nitrogens is 1. The Kier molecular flexibility index (Phi) is 6.17. The monoisotopic (exact) mass is 331 g/mol. The van der Waals surface area contributed by atoms with Crippen molar-refractivity contribution in [2.24, 2.45) is 10.4 Å². The van der Waals surface area contributed by atoms with Crippen molar-refractivity contribution in [2.75, 3.05) is 27.7 Å². The van der Waals surface area contributed by atoms with Gasteiger partial charge in [-0.25, -0.2) is 0 Å². The van der Waals surface area contributed by atoms with Crippen LogP contribution in [-0.4, -0.2) is 49.4 Å². The van der Waals surface area contributed by atoms with Crippen molar-refractivity contribution in [1.82, 2.24) is 20.5 Å². The number of amides is 1. The van der Waals surface area contributed by atoms with Gasteiger partial charge in [-0.05, 0) is 31.4 Å². The molecule has 0 bridgehead atoms. The van der Waals surface area contributed by atoms with E-state index in [-0.39, 0.29) is 11.3 Å². The minimum atomic E-state index is -0.299. The third kappa shape index (κ3) is 4.46. The van der Waals surface area contributed by atoms with E-state index in [1.807, 2.05) is 33.3 Å². The van der Waals surface area contributed by atoms with Crippen LogP contribution < -0.4 is 10.6 Å². The van der Waals surface area contributed by atoms with E-state index in [1.54, 1.807) is 11.9 Å². The fourth-order valence-corrected chi connectivity index (χ4v) is 3.25. The lowest BCUT2D eigenvalue weighted by molar-refractivity contribution is -0.138. The zero-order chi connectivity index (χ0) is 17.6. The van der Waals surface area contributed by atoms with Crippen molar-refractivity contribution in [3.8, 4) is 0 Å². The topological polar surface area (TPSA) is 69.6 Å². The number of guanidine groups is 1. The van der Waals surface area contributed by atoms with Crippen LogP contribution in [-0.2, 0) is 11.3 Å². The van der Waals surface area contributed by atoms with Crippen molar-refractivity contribution < 1.29 is 4.79 Å². The summed E-state index contributed by atoms with van der Waals surface area (Å²) >= 11 is 0. The number of carbonyl (C=O) groups excluding carboxylic acids is 1. The number of carbonyl (C=O) groups is 1. The fraction of sp³-hybridized carbons (Fsp3) is 0.611. The van der Waals surface area contributed by atoms with Gasteiger partial charge in [-0.2, -0.15) is 0 Å². The van der Waals surface area contributed by atoms with Gasteiger partial charge in [0.1, 0.15) is 0 Å². The second-order valence-electron chi connectivity index (χ2n) is 6.77. The van der Waals surface area contributed by atoms with Crippen LogP contribution in [0.5, 0.6) is 0 Å². The normalized spacial score (nSPS) is 16.8. The molecule has 0 saturated heterocycles. The first-order valence-corrected chi connectivity index (χ1v) is 8.55. The lowest BCUT2D eigenvalue weighted by Crippen LogP contribution is -2.49. The summed E-state index contributed by atoms with van der Waals surface area (Å²) in [6.07, 6.45) is 5.97. The molecule has 6 heteroatoms. The summed E-state index contributed by atoms with van der Waals surface area (Å²) in [5, 5.41) is 6.63. The highest BCUT2D eigenvalue weighted by Crippen LogP contribution is 2.38. The van der Waals surface area contributed by atoms with Crippen LogP contribution in [0.2, 0.25) is 0 Å². The summed E-state index contributed by atoms with van der Waals surface area (Å²) in [4.78, 5) is 22.9. The molecule has 1 heterocycles. The van der Waals surface area contributed by atoms with Gasteiger partial charge in [0, 0.05) is 46.1 Å². The van der Waals surface area contributed by atoms with Crippen LogP contribution in [0.15, 0.2) is 23.3 Å². The van der Waals surface area contributed by atoms with Crippen molar-refractivity contribution in [2.45, 2.75) is 39.2 Å². The molecule has 1 fully saturated rings. The molecule has 6 nitrogen and oxygen atoms in total. The predicted octanol–water partition coefficient (Wildman–Crippen LogP) is 1.70. The molecule has 24 heavy (non-hydrogen) atoms. The second-order valence-corrected chi connectivity index (χ2v) is 6.77. The number of hydrogen-bond acceptors (Lipinski definition) is 3. The second kappa shape index (κ2) is 8.13. The third-order valence-corrected chi connectivity index (χ3v) is 4.67. The van der Waals surface area contributed by atoms with E-state index in [4.69, 9.17) is 0 Å². The maximum Gasteiger partial charge on any atom is 0.230 e. The van der Waals surface area contributed by atoms with E-state index in [0.717, 1.165) is 36.9 Å². The van der Waals surface area contributed by atoms with Gasteiger partial charge < -0.3 is 15.5 Å². The van der Waals surface area contributed by atoms with Gasteiger partial charge in [-0.1, -0.05) is 18.9 Å². The van der Waals surface area contributed by atoms with E-state index in [1.165, 1.54) is 0 Å². The highest BCUT2D eigenvalue weighted by atomic mass is 16.2. The first kappa shape index (κ1) is 18.2. The van der Waals surface area contributed by atoms with E-state index >= 15 is 0 Å². The molecular formula is C18H29N5O. The molecule has 1 amide bonds. The Morgan fingerprint density at radius 2 is 2.00 bits per heavy atom. The molecule has 0 atom stereocenters. The fourth-order valence-electron chi connectivity index (χ4n) is 3.25. The quantitative estimate of drug-likeness (QED) is 0.636. The zero-order valence-corrected chi connectivity index (χ0v) is 15.2. The van der Waals surface area contributed by atoms with Gasteiger partial charge in [0.25, 0.3) is 0 Å². The standard InChI is InChI=1S/C18H29N5O/c1-14-7-8-15(11-20-14)12-21-17(19-2)22-13-18(9-5-6-10-18)16(24)23(3)4/h7-8,11H,5-6,9-10,12-13H2,1-4H3,(H2,19,21,22). The first-order valence-electron chi connectivity index (χ1n) is 8.55. The molecule has 1 saturated carbocycles. The van der Waals surface area contributed by atoms with Crippen molar-refractivity contribution >= 4 is 11.9 Å². The maximum atomic E-state index is 12.6. The number of nitrogens with zero attached hydrogens (tertiary/aromatic N) is 3. The van der Waals surface area contributed by atoms with Gasteiger partial charge in [-0.15, -0.1) is 0 Å². The largest absolute Gasteiger partial charge is 0.355 e. The van der Waals surface area contributed by atoms with E-state index < -0.39 is 0 Å². The Bertz CT molecular complexity index is 574. The molecule has 1 aromatic rings. The highest BCUT2D eigenvalue weighted by molar-refractivity contribution is 5.85. The Hall–Kier alpha value is -2.11. The molecule has 0 aliphatic heterocycles. The molecule has 2 rings (SSSR count). The molecular weight excluding hydrogens is 302 g/mol. The summed E-state index contributed by atoms with van der Waals surface area (Å²) in [5.41, 5.74) is 1.81. The average molecular weight is 331 g/mol. The number of pyridine rings is 1. The van der Waals surface area contributed by atoms with Crippen LogP contribution in [0.1, 0.15) is 36.9 Å². The molecule has 2 N–H and O–H groups in total. The van der Waals surface area contributed by atoms with Crippen LogP contribution >= 0.6 is 0 Å². The Morgan fingerprint density at radius 3 is 2.54 bits per heavy atom. The molecule has 1 aliphatic rings. The van der Waals surface area contributed by atoms with E-state index in [0.29, 0.717) is 19.0 Å². The number of aryl methyl sites for hydroxylation is 1. The van der Waals surface area contributed by atoms with Gasteiger partial charge in [0.2, 0.25) is 5.91 Å². The number of hydrogen-bond donors (Lipinski definition) is 2. The molecule has 0 unspecified atom stereocenters. The minimum Gasteiger partial charge on any atom is -0.355 e. The summed E-state index contributed by atoms with van der Waals surface area (Å²) in [5.74, 6) is 0.930. The SMILES string of the molecule is CN=C(NCc1ccc(C)nc1)NCC1(C(=O)N(C)C)CCCC1. The minimum absolute atomic E-state index is 0.214. The molecule has 0 radical (unpaired) electrons. The lowest BCUT2D eigenvalue weighted by atomic mass is 9.84. The summed E-state index contributed by atoms with van der Waals surface area (Å²) < 4.78 is 0. The summed E-state index contributed by atoms with van der Waals surface area (Å²) in [6, 6.07) is 4.05. The van der Waals surface area contributed by atoms with Gasteiger partial charge in [-0.3, -0.25) is 14.8 Å². The van der Waals surface area contributed by atoms with Crippen LogP contribution in [0, 0.1) is 12.3 Å². The summed E-state index contributed by atoms with van der Waals surface area (Å²) in [7, 11) is 5.41. The average Bonchev–Trinajstić information content (AvgIpc) is 3.06. The lowest BCUT2D eigenvalue weighted by Gasteiger charge is -2.31. The van der Waals surface area contributed by atoms with Gasteiger partial charge >= 0.3 is 0 Å². The molecule has 0 spiro atoms. The Morgan fingerprint density at radius 1 is 1.29 bits per heavy atom. The summed E-state index contributed by atoms with van der Waals surface area (Å²) in [6.45, 7) is 3.25. The van der Waals surface area contributed by atoms with Crippen molar-refractivity contribution in [1.29, 1.82) is 0 Å². The highest BCUT2D eigenvalue weighted by Gasteiger charge is 2.42. The predicted molar refractivity (Wildman–Crippen MR) is 96.8 cm³/mol. The molecule has 0 aromatic carbocycles. The van der Waals surface area contributed by atoms with Crippen LogP contribution in [0.4, 0.5) is 0 Å². The number of aliphatic imine (C=N–C) groups is 1. The molecule has 1 aromatic heterocycles. The molecule has 132 valence electrons. The van der Waals surface area contributed by atoms with Gasteiger partial charge in [0.05, 0.1) is 5.41 Å². The van der Waals surface area contributed by atoms with Crippen LogP contribution in [0.3, 0.4) is 0 Å². The van der Waals surface area contributed by atoms with Crippen molar-refractivity contribution in [3.05, 3.63) is 29.6 Å².